The van der Waals surface area contributed by atoms with Gasteiger partial charge in [0.2, 0.25) is 0 Å². The minimum atomic E-state index is -0.563. The lowest BCUT2D eigenvalue weighted by atomic mass is 10.1. The van der Waals surface area contributed by atoms with Crippen LogP contribution in [-0.2, 0) is 4.79 Å². The van der Waals surface area contributed by atoms with Crippen LogP contribution in [0.5, 0.6) is 5.75 Å². The molecule has 0 heterocycles. The molecule has 0 radical (unpaired) electrons. The Morgan fingerprint density at radius 1 is 0.882 bits per heavy atom. The van der Waals surface area contributed by atoms with Crippen LogP contribution in [0.3, 0.4) is 0 Å². The molecule has 0 bridgehead atoms. The lowest BCUT2D eigenvalue weighted by Crippen LogP contribution is -2.32. The number of nitrogens with zero attached hydrogens (tertiary/aromatic N) is 2. The summed E-state index contributed by atoms with van der Waals surface area (Å²) in [7, 11) is 0. The zero-order valence-electron chi connectivity index (χ0n) is 19.2. The highest BCUT2D eigenvalue weighted by molar-refractivity contribution is 6.05. The van der Waals surface area contributed by atoms with Gasteiger partial charge in [-0.2, -0.15) is 5.10 Å². The number of benzene rings is 3. The molecule has 0 aliphatic rings. The fourth-order valence-electron chi connectivity index (χ4n) is 3.27. The van der Waals surface area contributed by atoms with Crippen LogP contribution in [-0.4, -0.2) is 36.2 Å². The molecule has 0 unspecified atom stereocenters. The van der Waals surface area contributed by atoms with E-state index in [0.717, 1.165) is 24.3 Å². The molecular formula is C27H28N4O3. The predicted octanol–water partition coefficient (Wildman–Crippen LogP) is 4.16. The van der Waals surface area contributed by atoms with E-state index in [4.69, 9.17) is 0 Å². The second-order valence-corrected chi connectivity index (χ2v) is 7.43. The molecule has 0 saturated heterocycles. The SMILES string of the molecule is CCN(CC)c1ccc(/C=C(/NC(=O)c2ccccc2)C(=O)N/N=C\c2ccc(O)cc2)cc1. The van der Waals surface area contributed by atoms with Crippen LogP contribution in [0.25, 0.3) is 6.08 Å². The Kier molecular flexibility index (Phi) is 8.57. The quantitative estimate of drug-likeness (QED) is 0.256. The predicted molar refractivity (Wildman–Crippen MR) is 136 cm³/mol. The van der Waals surface area contributed by atoms with Gasteiger partial charge in [-0.05, 0) is 79.6 Å². The molecule has 7 nitrogen and oxygen atoms in total. The molecule has 0 aromatic heterocycles. The van der Waals surface area contributed by atoms with Crippen LogP contribution in [0, 0.1) is 0 Å². The molecule has 0 fully saturated rings. The van der Waals surface area contributed by atoms with Gasteiger partial charge in [-0.3, -0.25) is 9.59 Å². The monoisotopic (exact) mass is 456 g/mol. The molecule has 34 heavy (non-hydrogen) atoms. The van der Waals surface area contributed by atoms with E-state index in [1.165, 1.54) is 18.3 Å². The summed E-state index contributed by atoms with van der Waals surface area (Å²) in [6.07, 6.45) is 3.06. The van der Waals surface area contributed by atoms with Gasteiger partial charge >= 0.3 is 0 Å². The highest BCUT2D eigenvalue weighted by Gasteiger charge is 2.14. The van der Waals surface area contributed by atoms with E-state index in [1.807, 2.05) is 30.3 Å². The summed E-state index contributed by atoms with van der Waals surface area (Å²) in [5, 5.41) is 16.0. The first-order valence-corrected chi connectivity index (χ1v) is 11.1. The molecule has 7 heteroatoms. The number of hydrogen-bond donors (Lipinski definition) is 3. The molecule has 2 amide bonds. The smallest absolute Gasteiger partial charge is 0.287 e. The lowest BCUT2D eigenvalue weighted by molar-refractivity contribution is -0.117. The van der Waals surface area contributed by atoms with E-state index >= 15 is 0 Å². The second-order valence-electron chi connectivity index (χ2n) is 7.43. The van der Waals surface area contributed by atoms with E-state index < -0.39 is 11.8 Å². The van der Waals surface area contributed by atoms with E-state index in [1.54, 1.807) is 42.5 Å². The number of nitrogens with one attached hydrogen (secondary N) is 2. The van der Waals surface area contributed by atoms with E-state index in [0.29, 0.717) is 11.1 Å². The normalized spacial score (nSPS) is 11.3. The van der Waals surface area contributed by atoms with Crippen molar-refractivity contribution < 1.29 is 14.7 Å². The third-order valence-corrected chi connectivity index (χ3v) is 5.13. The summed E-state index contributed by atoms with van der Waals surface area (Å²) in [4.78, 5) is 27.8. The van der Waals surface area contributed by atoms with Gasteiger partial charge in [0, 0.05) is 24.3 Å². The van der Waals surface area contributed by atoms with Crippen LogP contribution >= 0.6 is 0 Å². The molecule has 0 aliphatic heterocycles. The van der Waals surface area contributed by atoms with Crippen molar-refractivity contribution in [2.24, 2.45) is 5.10 Å². The average molecular weight is 457 g/mol. The lowest BCUT2D eigenvalue weighted by Gasteiger charge is -2.20. The van der Waals surface area contributed by atoms with Gasteiger partial charge in [0.15, 0.2) is 0 Å². The van der Waals surface area contributed by atoms with Crippen LogP contribution in [0.15, 0.2) is 89.7 Å². The van der Waals surface area contributed by atoms with Crippen molar-refractivity contribution in [3.8, 4) is 5.75 Å². The van der Waals surface area contributed by atoms with Crippen LogP contribution < -0.4 is 15.6 Å². The molecule has 0 aliphatic carbocycles. The summed E-state index contributed by atoms with van der Waals surface area (Å²) in [5.41, 5.74) is 5.49. The van der Waals surface area contributed by atoms with Crippen molar-refractivity contribution in [2.45, 2.75) is 13.8 Å². The summed E-state index contributed by atoms with van der Waals surface area (Å²) in [6, 6.07) is 22.8. The summed E-state index contributed by atoms with van der Waals surface area (Å²) >= 11 is 0. The fourth-order valence-corrected chi connectivity index (χ4v) is 3.27. The van der Waals surface area contributed by atoms with Crippen LogP contribution in [0.4, 0.5) is 5.69 Å². The summed E-state index contributed by atoms with van der Waals surface area (Å²) in [6.45, 7) is 5.98. The molecule has 0 spiro atoms. The van der Waals surface area contributed by atoms with Gasteiger partial charge in [0.25, 0.3) is 11.8 Å². The zero-order valence-corrected chi connectivity index (χ0v) is 19.2. The van der Waals surface area contributed by atoms with Gasteiger partial charge in [-0.1, -0.05) is 30.3 Å². The topological polar surface area (TPSA) is 94.0 Å². The highest BCUT2D eigenvalue weighted by Crippen LogP contribution is 2.17. The molecule has 3 aromatic carbocycles. The fraction of sp³-hybridized carbons (Fsp3) is 0.148. The van der Waals surface area contributed by atoms with Crippen LogP contribution in [0.2, 0.25) is 0 Å². The maximum absolute atomic E-state index is 12.9. The van der Waals surface area contributed by atoms with E-state index in [-0.39, 0.29) is 11.4 Å². The van der Waals surface area contributed by atoms with E-state index in [2.05, 4.69) is 34.6 Å². The number of carbonyl (C=O) groups excluding carboxylic acids is 2. The van der Waals surface area contributed by atoms with Gasteiger partial charge < -0.3 is 15.3 Å². The first kappa shape index (κ1) is 24.3. The van der Waals surface area contributed by atoms with Gasteiger partial charge in [0.05, 0.1) is 6.21 Å². The average Bonchev–Trinajstić information content (AvgIpc) is 2.87. The van der Waals surface area contributed by atoms with Crippen molar-refractivity contribution in [2.75, 3.05) is 18.0 Å². The standard InChI is InChI=1S/C27H28N4O3/c1-3-31(4-2)23-14-10-20(11-15-23)18-25(29-26(33)22-8-6-5-7-9-22)27(34)30-28-19-21-12-16-24(32)17-13-21/h5-19,32H,3-4H2,1-2H3,(H,29,33)(H,30,34)/b25-18+,28-19-. The molecule has 0 atom stereocenters. The third-order valence-electron chi connectivity index (χ3n) is 5.13. The highest BCUT2D eigenvalue weighted by atomic mass is 16.3. The number of phenolic OH excluding ortho intramolecular Hbond substituents is 1. The van der Waals surface area contributed by atoms with Crippen molar-refractivity contribution in [1.82, 2.24) is 10.7 Å². The van der Waals surface area contributed by atoms with Crippen molar-refractivity contribution in [1.29, 1.82) is 0 Å². The summed E-state index contributed by atoms with van der Waals surface area (Å²) in [5.74, 6) is -0.821. The van der Waals surface area contributed by atoms with E-state index in [9.17, 15) is 14.7 Å². The second kappa shape index (κ2) is 12.0. The Morgan fingerprint density at radius 2 is 1.50 bits per heavy atom. The van der Waals surface area contributed by atoms with Gasteiger partial charge in [-0.25, -0.2) is 5.43 Å². The molecule has 3 N–H and O–H groups in total. The van der Waals surface area contributed by atoms with Crippen molar-refractivity contribution >= 4 is 29.8 Å². The van der Waals surface area contributed by atoms with Crippen molar-refractivity contribution in [3.63, 3.8) is 0 Å². The largest absolute Gasteiger partial charge is 0.508 e. The Balaban J connectivity index is 1.81. The molecule has 174 valence electrons. The first-order valence-electron chi connectivity index (χ1n) is 11.1. The Bertz CT molecular complexity index is 1150. The maximum atomic E-state index is 12.9. The molecular weight excluding hydrogens is 428 g/mol. The number of aromatic hydroxyl groups is 1. The summed E-state index contributed by atoms with van der Waals surface area (Å²) < 4.78 is 0. The number of amides is 2. The van der Waals surface area contributed by atoms with Crippen LogP contribution in [0.1, 0.15) is 35.3 Å². The van der Waals surface area contributed by atoms with Gasteiger partial charge in [-0.15, -0.1) is 0 Å². The zero-order chi connectivity index (χ0) is 24.3. The molecule has 0 saturated carbocycles. The Labute approximate surface area is 199 Å². The minimum absolute atomic E-state index is 0.0623. The van der Waals surface area contributed by atoms with Gasteiger partial charge in [0.1, 0.15) is 11.4 Å². The Morgan fingerprint density at radius 3 is 2.12 bits per heavy atom. The first-order chi connectivity index (χ1) is 16.5. The number of hydrazone groups is 1. The molecule has 3 aromatic rings. The number of phenols is 1. The maximum Gasteiger partial charge on any atom is 0.287 e. The number of rotatable bonds is 9. The number of anilines is 1. The van der Waals surface area contributed by atoms with Crippen molar-refractivity contribution in [3.05, 3.63) is 101 Å². The third kappa shape index (κ3) is 6.80. The number of hydrogen-bond acceptors (Lipinski definition) is 5. The molecule has 3 rings (SSSR count). The number of carbonyl (C=O) groups is 2. The Hall–Kier alpha value is -4.39. The minimum Gasteiger partial charge on any atom is -0.508 e.